The maximum atomic E-state index is 13.3. The second-order valence-electron chi connectivity index (χ2n) is 6.37. The van der Waals surface area contributed by atoms with E-state index < -0.39 is 6.04 Å². The summed E-state index contributed by atoms with van der Waals surface area (Å²) in [6.45, 7) is 1.23. The Morgan fingerprint density at radius 2 is 2.15 bits per heavy atom. The number of rotatable bonds is 5. The summed E-state index contributed by atoms with van der Waals surface area (Å²) in [5.74, 6) is -0.619. The first-order valence-corrected chi connectivity index (χ1v) is 8.44. The maximum absolute atomic E-state index is 13.3. The Hall–Kier alpha value is -2.45. The monoisotopic (exact) mass is 395 g/mol. The molecule has 0 spiro atoms. The number of halogens is 2. The highest BCUT2D eigenvalue weighted by Gasteiger charge is 2.31. The summed E-state index contributed by atoms with van der Waals surface area (Å²) in [7, 11) is 3.49. The number of nitrogens with one attached hydrogen (secondary N) is 1. The first-order chi connectivity index (χ1) is 12.5. The van der Waals surface area contributed by atoms with Gasteiger partial charge in [-0.2, -0.15) is 5.10 Å². The van der Waals surface area contributed by atoms with Crippen molar-refractivity contribution in [1.29, 1.82) is 0 Å². The van der Waals surface area contributed by atoms with Crippen LogP contribution in [0.25, 0.3) is 0 Å². The lowest BCUT2D eigenvalue weighted by atomic mass is 10.1. The van der Waals surface area contributed by atoms with Crippen molar-refractivity contribution < 1.29 is 14.0 Å². The summed E-state index contributed by atoms with van der Waals surface area (Å²) in [4.78, 5) is 28.5. The van der Waals surface area contributed by atoms with Crippen LogP contribution in [0.4, 0.5) is 4.39 Å². The van der Waals surface area contributed by atoms with E-state index in [1.807, 2.05) is 0 Å². The average molecular weight is 396 g/mol. The number of carbonyl (C=O) groups excluding carboxylic acids is 2. The number of nitrogens with zero attached hydrogens (tertiary/aromatic N) is 4. The summed E-state index contributed by atoms with van der Waals surface area (Å²) in [5.41, 5.74) is 1.50. The number of likely N-dealkylation sites (N-methyl/N-ethyl adjacent to an activating group) is 1. The third-order valence-corrected chi connectivity index (χ3v) is 4.49. The van der Waals surface area contributed by atoms with Crippen molar-refractivity contribution >= 4 is 24.2 Å². The Morgan fingerprint density at radius 3 is 2.74 bits per heavy atom. The van der Waals surface area contributed by atoms with E-state index in [1.54, 1.807) is 53.1 Å². The van der Waals surface area contributed by atoms with Gasteiger partial charge in [0, 0.05) is 38.4 Å². The molecule has 0 aliphatic carbocycles. The summed E-state index contributed by atoms with van der Waals surface area (Å²) < 4.78 is 14.9. The Morgan fingerprint density at radius 1 is 1.37 bits per heavy atom. The number of amides is 2. The molecule has 1 aliphatic heterocycles. The highest BCUT2D eigenvalue weighted by molar-refractivity contribution is 5.89. The molecule has 0 radical (unpaired) electrons. The zero-order chi connectivity index (χ0) is 18.7. The standard InChI is InChI=1S/C18H22FN5O2.ClH/c1-20-17(14-9-21-22(2)11-14)18(26)24-7-6-23(16(25)12-24)10-13-4-3-5-15(19)8-13;/h3-5,8-9,11,17,20H,6-7,10,12H2,1-2H3;1H. The molecule has 1 atom stereocenters. The van der Waals surface area contributed by atoms with E-state index in [9.17, 15) is 14.0 Å². The van der Waals surface area contributed by atoms with Gasteiger partial charge in [0.2, 0.25) is 11.8 Å². The van der Waals surface area contributed by atoms with E-state index in [4.69, 9.17) is 0 Å². The topological polar surface area (TPSA) is 70.5 Å². The second-order valence-corrected chi connectivity index (χ2v) is 6.37. The zero-order valence-electron chi connectivity index (χ0n) is 15.3. The number of piperazine rings is 1. The number of aromatic nitrogens is 2. The van der Waals surface area contributed by atoms with Gasteiger partial charge in [0.1, 0.15) is 11.9 Å². The summed E-state index contributed by atoms with van der Waals surface area (Å²) in [5, 5.41) is 7.08. The lowest BCUT2D eigenvalue weighted by molar-refractivity contribution is -0.146. The minimum absolute atomic E-state index is 0. The highest BCUT2D eigenvalue weighted by Crippen LogP contribution is 2.17. The molecule has 7 nitrogen and oxygen atoms in total. The van der Waals surface area contributed by atoms with Gasteiger partial charge < -0.3 is 15.1 Å². The lowest BCUT2D eigenvalue weighted by Crippen LogP contribution is -2.53. The molecule has 1 aromatic carbocycles. The molecule has 27 heavy (non-hydrogen) atoms. The van der Waals surface area contributed by atoms with Crippen molar-refractivity contribution in [2.45, 2.75) is 12.6 Å². The minimum Gasteiger partial charge on any atom is -0.335 e. The molecule has 1 saturated heterocycles. The number of hydrogen-bond acceptors (Lipinski definition) is 4. The quantitative estimate of drug-likeness (QED) is 0.823. The third-order valence-electron chi connectivity index (χ3n) is 4.49. The molecular weight excluding hydrogens is 373 g/mol. The van der Waals surface area contributed by atoms with E-state index in [2.05, 4.69) is 10.4 Å². The second kappa shape index (κ2) is 8.96. The van der Waals surface area contributed by atoms with Crippen LogP contribution in [0.15, 0.2) is 36.7 Å². The maximum Gasteiger partial charge on any atom is 0.244 e. The lowest BCUT2D eigenvalue weighted by Gasteiger charge is -2.36. The fraction of sp³-hybridized carbons (Fsp3) is 0.389. The Kier molecular flexibility index (Phi) is 6.92. The van der Waals surface area contributed by atoms with E-state index >= 15 is 0 Å². The fourth-order valence-electron chi connectivity index (χ4n) is 3.12. The van der Waals surface area contributed by atoms with Crippen molar-refractivity contribution in [3.05, 3.63) is 53.6 Å². The number of carbonyl (C=O) groups is 2. The first-order valence-electron chi connectivity index (χ1n) is 8.44. The van der Waals surface area contributed by atoms with Crippen LogP contribution in [-0.4, -0.2) is 58.1 Å². The van der Waals surface area contributed by atoms with Gasteiger partial charge >= 0.3 is 0 Å². The molecular formula is C18H23ClFN5O2. The van der Waals surface area contributed by atoms with E-state index in [0.717, 1.165) is 11.1 Å². The minimum atomic E-state index is -0.536. The van der Waals surface area contributed by atoms with Crippen LogP contribution in [0.2, 0.25) is 0 Å². The molecule has 2 heterocycles. The van der Waals surface area contributed by atoms with Gasteiger partial charge in [0.15, 0.2) is 0 Å². The predicted molar refractivity (Wildman–Crippen MR) is 101 cm³/mol. The fourth-order valence-corrected chi connectivity index (χ4v) is 3.12. The van der Waals surface area contributed by atoms with Crippen molar-refractivity contribution in [2.24, 2.45) is 7.05 Å². The Balaban J connectivity index is 0.00000261. The van der Waals surface area contributed by atoms with Gasteiger partial charge in [-0.25, -0.2) is 4.39 Å². The molecule has 0 saturated carbocycles. The molecule has 1 aromatic heterocycles. The normalized spacial score (nSPS) is 15.4. The zero-order valence-corrected chi connectivity index (χ0v) is 16.1. The van der Waals surface area contributed by atoms with Gasteiger partial charge in [-0.15, -0.1) is 12.4 Å². The first kappa shape index (κ1) is 20.9. The molecule has 0 bridgehead atoms. The molecule has 146 valence electrons. The van der Waals surface area contributed by atoms with Crippen LogP contribution in [0, 0.1) is 5.82 Å². The van der Waals surface area contributed by atoms with Crippen molar-refractivity contribution in [3.8, 4) is 0 Å². The molecule has 1 fully saturated rings. The van der Waals surface area contributed by atoms with Crippen molar-refractivity contribution in [1.82, 2.24) is 24.9 Å². The molecule has 2 amide bonds. The number of aryl methyl sites for hydroxylation is 1. The van der Waals surface area contributed by atoms with Gasteiger partial charge in [-0.1, -0.05) is 12.1 Å². The Labute approximate surface area is 163 Å². The van der Waals surface area contributed by atoms with Crippen LogP contribution in [0.1, 0.15) is 17.2 Å². The Bertz CT molecular complexity index is 813. The molecule has 2 aromatic rings. The number of hydrogen-bond donors (Lipinski definition) is 1. The molecule has 9 heteroatoms. The van der Waals surface area contributed by atoms with Gasteiger partial charge in [-0.3, -0.25) is 14.3 Å². The van der Waals surface area contributed by atoms with Gasteiger partial charge in [0.25, 0.3) is 0 Å². The summed E-state index contributed by atoms with van der Waals surface area (Å²) >= 11 is 0. The number of benzene rings is 1. The van der Waals surface area contributed by atoms with E-state index in [-0.39, 0.29) is 36.6 Å². The van der Waals surface area contributed by atoms with E-state index in [0.29, 0.717) is 19.6 Å². The summed E-state index contributed by atoms with van der Waals surface area (Å²) in [6, 6.07) is 5.67. The van der Waals surface area contributed by atoms with Crippen molar-refractivity contribution in [3.63, 3.8) is 0 Å². The van der Waals surface area contributed by atoms with Gasteiger partial charge in [0.05, 0.1) is 12.7 Å². The third kappa shape index (κ3) is 4.84. The van der Waals surface area contributed by atoms with Crippen LogP contribution in [0.3, 0.4) is 0 Å². The van der Waals surface area contributed by atoms with Crippen molar-refractivity contribution in [2.75, 3.05) is 26.7 Å². The van der Waals surface area contributed by atoms with Crippen LogP contribution in [0.5, 0.6) is 0 Å². The highest BCUT2D eigenvalue weighted by atomic mass is 35.5. The van der Waals surface area contributed by atoms with Crippen LogP contribution in [-0.2, 0) is 23.2 Å². The largest absolute Gasteiger partial charge is 0.335 e. The predicted octanol–water partition coefficient (Wildman–Crippen LogP) is 1.11. The molecule has 1 unspecified atom stereocenters. The molecule has 1 N–H and O–H groups in total. The SMILES string of the molecule is CNC(C(=O)N1CCN(Cc2cccc(F)c2)C(=O)C1)c1cnn(C)c1.Cl. The van der Waals surface area contributed by atoms with Crippen LogP contribution < -0.4 is 5.32 Å². The van der Waals surface area contributed by atoms with Gasteiger partial charge in [-0.05, 0) is 24.7 Å². The summed E-state index contributed by atoms with van der Waals surface area (Å²) in [6.07, 6.45) is 3.42. The molecule has 3 rings (SSSR count). The van der Waals surface area contributed by atoms with E-state index in [1.165, 1.54) is 12.1 Å². The van der Waals surface area contributed by atoms with Crippen LogP contribution >= 0.6 is 12.4 Å². The smallest absolute Gasteiger partial charge is 0.244 e. The molecule has 1 aliphatic rings. The average Bonchev–Trinajstić information content (AvgIpc) is 3.03.